The summed E-state index contributed by atoms with van der Waals surface area (Å²) >= 11 is 5.93. The van der Waals surface area contributed by atoms with Gasteiger partial charge in [-0.05, 0) is 48.2 Å². The lowest BCUT2D eigenvalue weighted by Crippen LogP contribution is -2.42. The van der Waals surface area contributed by atoms with E-state index in [4.69, 9.17) is 22.1 Å². The highest BCUT2D eigenvalue weighted by Gasteiger charge is 2.25. The van der Waals surface area contributed by atoms with E-state index in [2.05, 4.69) is 26.0 Å². The second kappa shape index (κ2) is 7.17. The third-order valence-corrected chi connectivity index (χ3v) is 4.09. The molecule has 0 saturated carbocycles. The molecule has 0 amide bonds. The quantitative estimate of drug-likeness (QED) is 0.830. The first kappa shape index (κ1) is 16.9. The lowest BCUT2D eigenvalue weighted by molar-refractivity contribution is 0.0980. The van der Waals surface area contributed by atoms with E-state index in [1.807, 2.05) is 43.3 Å². The summed E-state index contributed by atoms with van der Waals surface area (Å²) in [4.78, 5) is 0. The van der Waals surface area contributed by atoms with Gasteiger partial charge in [0.15, 0.2) is 0 Å². The summed E-state index contributed by atoms with van der Waals surface area (Å²) in [6.07, 6.45) is 0.743. The molecule has 0 radical (unpaired) electrons. The summed E-state index contributed by atoms with van der Waals surface area (Å²) in [5.74, 6) is 1.37. The molecule has 0 fully saturated rings. The van der Waals surface area contributed by atoms with E-state index in [0.717, 1.165) is 22.8 Å². The first-order valence-electron chi connectivity index (χ1n) is 7.65. The van der Waals surface area contributed by atoms with E-state index < -0.39 is 5.60 Å². The Morgan fingerprint density at radius 2 is 1.64 bits per heavy atom. The van der Waals surface area contributed by atoms with Crippen molar-refractivity contribution in [3.8, 4) is 5.75 Å². The molecule has 3 heteroatoms. The highest BCUT2D eigenvalue weighted by molar-refractivity contribution is 6.30. The molecule has 1 unspecified atom stereocenters. The van der Waals surface area contributed by atoms with Crippen LogP contribution < -0.4 is 10.5 Å². The van der Waals surface area contributed by atoms with Crippen molar-refractivity contribution in [3.63, 3.8) is 0 Å². The Morgan fingerprint density at radius 1 is 1.05 bits per heavy atom. The minimum Gasteiger partial charge on any atom is -0.486 e. The third-order valence-electron chi connectivity index (χ3n) is 3.83. The Bertz CT molecular complexity index is 592. The van der Waals surface area contributed by atoms with Crippen molar-refractivity contribution in [2.75, 3.05) is 6.54 Å². The van der Waals surface area contributed by atoms with Gasteiger partial charge < -0.3 is 10.5 Å². The average molecular weight is 318 g/mol. The molecule has 0 spiro atoms. The number of hydrogen-bond donors (Lipinski definition) is 1. The van der Waals surface area contributed by atoms with Crippen LogP contribution in [0, 0.1) is 0 Å². The SMILES string of the molecule is CC(C)c1ccc(OC(C)(CN)Cc2ccc(Cl)cc2)cc1. The summed E-state index contributed by atoms with van der Waals surface area (Å²) in [6.45, 7) is 6.85. The Balaban J connectivity index is 2.10. The zero-order valence-corrected chi connectivity index (χ0v) is 14.2. The molecule has 0 aliphatic heterocycles. The first-order valence-corrected chi connectivity index (χ1v) is 8.03. The highest BCUT2D eigenvalue weighted by atomic mass is 35.5. The second-order valence-electron chi connectivity index (χ2n) is 6.28. The van der Waals surface area contributed by atoms with Crippen molar-refractivity contribution in [1.29, 1.82) is 0 Å². The molecule has 0 aromatic heterocycles. The van der Waals surface area contributed by atoms with Crippen LogP contribution in [0.25, 0.3) is 0 Å². The van der Waals surface area contributed by atoms with Crippen molar-refractivity contribution in [2.45, 2.75) is 38.7 Å². The zero-order chi connectivity index (χ0) is 16.2. The van der Waals surface area contributed by atoms with Gasteiger partial charge in [0.25, 0.3) is 0 Å². The van der Waals surface area contributed by atoms with Crippen molar-refractivity contribution < 1.29 is 4.74 Å². The van der Waals surface area contributed by atoms with Crippen LogP contribution in [0.2, 0.25) is 5.02 Å². The number of rotatable bonds is 6. The molecule has 0 aliphatic rings. The van der Waals surface area contributed by atoms with Gasteiger partial charge in [0.2, 0.25) is 0 Å². The molecule has 0 heterocycles. The molecule has 2 aromatic rings. The van der Waals surface area contributed by atoms with Gasteiger partial charge in [0.05, 0.1) is 0 Å². The number of benzene rings is 2. The number of ether oxygens (including phenoxy) is 1. The maximum atomic E-state index is 6.16. The molecule has 2 N–H and O–H groups in total. The summed E-state index contributed by atoms with van der Waals surface area (Å²) < 4.78 is 6.16. The van der Waals surface area contributed by atoms with Crippen LogP contribution in [0.5, 0.6) is 5.75 Å². The molecule has 0 bridgehead atoms. The monoisotopic (exact) mass is 317 g/mol. The molecule has 118 valence electrons. The maximum Gasteiger partial charge on any atom is 0.122 e. The topological polar surface area (TPSA) is 35.2 Å². The number of hydrogen-bond acceptors (Lipinski definition) is 2. The fourth-order valence-corrected chi connectivity index (χ4v) is 2.52. The zero-order valence-electron chi connectivity index (χ0n) is 13.5. The van der Waals surface area contributed by atoms with E-state index in [-0.39, 0.29) is 0 Å². The molecule has 2 rings (SSSR count). The van der Waals surface area contributed by atoms with E-state index in [1.165, 1.54) is 5.56 Å². The molecule has 0 aliphatic carbocycles. The lowest BCUT2D eigenvalue weighted by atomic mass is 9.96. The summed E-state index contributed by atoms with van der Waals surface area (Å²) in [5, 5.41) is 0.739. The third kappa shape index (κ3) is 4.49. The molecule has 1 atom stereocenters. The fourth-order valence-electron chi connectivity index (χ4n) is 2.39. The summed E-state index contributed by atoms with van der Waals surface area (Å²) in [5.41, 5.74) is 7.99. The van der Waals surface area contributed by atoms with Gasteiger partial charge in [0.1, 0.15) is 11.4 Å². The maximum absolute atomic E-state index is 6.16. The first-order chi connectivity index (χ1) is 10.4. The number of halogens is 1. The van der Waals surface area contributed by atoms with Crippen molar-refractivity contribution in [2.24, 2.45) is 5.73 Å². The Morgan fingerprint density at radius 3 is 2.14 bits per heavy atom. The number of nitrogens with two attached hydrogens (primary N) is 1. The Kier molecular flexibility index (Phi) is 5.49. The summed E-state index contributed by atoms with van der Waals surface area (Å²) in [7, 11) is 0. The largest absolute Gasteiger partial charge is 0.486 e. The standard InChI is InChI=1S/C19H24ClNO/c1-14(2)16-6-10-18(11-7-16)22-19(3,13-21)12-15-4-8-17(20)9-5-15/h4-11,14H,12-13,21H2,1-3H3. The van der Waals surface area contributed by atoms with Gasteiger partial charge in [0, 0.05) is 18.0 Å². The summed E-state index contributed by atoms with van der Waals surface area (Å²) in [6, 6.07) is 16.1. The molecule has 2 nitrogen and oxygen atoms in total. The molecular weight excluding hydrogens is 294 g/mol. The second-order valence-corrected chi connectivity index (χ2v) is 6.72. The molecule has 2 aromatic carbocycles. The Hall–Kier alpha value is -1.51. The van der Waals surface area contributed by atoms with E-state index in [9.17, 15) is 0 Å². The van der Waals surface area contributed by atoms with Gasteiger partial charge >= 0.3 is 0 Å². The van der Waals surface area contributed by atoms with Crippen LogP contribution in [-0.4, -0.2) is 12.1 Å². The fraction of sp³-hybridized carbons (Fsp3) is 0.368. The van der Waals surface area contributed by atoms with Crippen LogP contribution in [0.15, 0.2) is 48.5 Å². The average Bonchev–Trinajstić information content (AvgIpc) is 2.50. The molecule has 22 heavy (non-hydrogen) atoms. The normalized spacial score (nSPS) is 13.9. The van der Waals surface area contributed by atoms with Crippen LogP contribution in [0.3, 0.4) is 0 Å². The van der Waals surface area contributed by atoms with Crippen molar-refractivity contribution >= 4 is 11.6 Å². The lowest BCUT2D eigenvalue weighted by Gasteiger charge is -2.30. The minimum atomic E-state index is -0.437. The van der Waals surface area contributed by atoms with Gasteiger partial charge in [-0.25, -0.2) is 0 Å². The predicted octanol–water partition coefficient (Wildman–Crippen LogP) is 4.80. The van der Waals surface area contributed by atoms with Gasteiger partial charge in [-0.15, -0.1) is 0 Å². The highest BCUT2D eigenvalue weighted by Crippen LogP contribution is 2.24. The van der Waals surface area contributed by atoms with E-state index in [0.29, 0.717) is 12.5 Å². The predicted molar refractivity (Wildman–Crippen MR) is 93.8 cm³/mol. The van der Waals surface area contributed by atoms with Gasteiger partial charge in [-0.2, -0.15) is 0 Å². The molecular formula is C19H24ClNO. The van der Waals surface area contributed by atoms with Crippen LogP contribution in [0.1, 0.15) is 37.8 Å². The van der Waals surface area contributed by atoms with Gasteiger partial charge in [-0.1, -0.05) is 49.7 Å². The Labute approximate surface area is 138 Å². The minimum absolute atomic E-state index is 0.437. The van der Waals surface area contributed by atoms with Crippen molar-refractivity contribution in [3.05, 3.63) is 64.7 Å². The van der Waals surface area contributed by atoms with Crippen LogP contribution in [0.4, 0.5) is 0 Å². The van der Waals surface area contributed by atoms with E-state index >= 15 is 0 Å². The van der Waals surface area contributed by atoms with Crippen LogP contribution in [-0.2, 0) is 6.42 Å². The smallest absolute Gasteiger partial charge is 0.122 e. The van der Waals surface area contributed by atoms with Crippen molar-refractivity contribution in [1.82, 2.24) is 0 Å². The van der Waals surface area contributed by atoms with Crippen LogP contribution >= 0.6 is 11.6 Å². The van der Waals surface area contributed by atoms with Gasteiger partial charge in [-0.3, -0.25) is 0 Å². The van der Waals surface area contributed by atoms with E-state index in [1.54, 1.807) is 0 Å². The molecule has 0 saturated heterocycles.